The van der Waals surface area contributed by atoms with Crippen molar-refractivity contribution < 1.29 is 19.1 Å². The number of ether oxygens (including phenoxy) is 2. The Labute approximate surface area is 191 Å². The smallest absolute Gasteiger partial charge is 0.303 e. The highest BCUT2D eigenvalue weighted by molar-refractivity contribution is 7.80. The van der Waals surface area contributed by atoms with E-state index in [1.807, 2.05) is 57.1 Å². The van der Waals surface area contributed by atoms with Crippen LogP contribution in [0.1, 0.15) is 31.6 Å². The summed E-state index contributed by atoms with van der Waals surface area (Å²) in [5.41, 5.74) is 2.29. The molecule has 2 atom stereocenters. The Morgan fingerprint density at radius 1 is 1.16 bits per heavy atom. The van der Waals surface area contributed by atoms with Crippen LogP contribution in [0.25, 0.3) is 0 Å². The summed E-state index contributed by atoms with van der Waals surface area (Å²) >= 11 is 4.66. The van der Waals surface area contributed by atoms with Crippen molar-refractivity contribution in [1.82, 2.24) is 9.80 Å². The molecule has 170 valence electrons. The van der Waals surface area contributed by atoms with Gasteiger partial charge in [-0.1, -0.05) is 30.9 Å². The van der Waals surface area contributed by atoms with Crippen LogP contribution in [0.3, 0.4) is 0 Å². The van der Waals surface area contributed by atoms with E-state index in [1.165, 1.54) is 6.92 Å². The molecular formula is C24H34N2O4S. The van der Waals surface area contributed by atoms with E-state index in [0.29, 0.717) is 24.5 Å². The van der Waals surface area contributed by atoms with Crippen LogP contribution in [-0.2, 0) is 14.3 Å². The number of amides is 1. The van der Waals surface area contributed by atoms with E-state index in [2.05, 4.69) is 19.2 Å². The number of carbonyl (C=O) groups is 2. The van der Waals surface area contributed by atoms with E-state index in [1.54, 1.807) is 30.2 Å². The van der Waals surface area contributed by atoms with Gasteiger partial charge in [-0.05, 0) is 57.3 Å². The largest absolute Gasteiger partial charge is 0.497 e. The van der Waals surface area contributed by atoms with Gasteiger partial charge in [-0.15, -0.1) is 0 Å². The second kappa shape index (κ2) is 13.0. The van der Waals surface area contributed by atoms with Crippen LogP contribution in [0, 0.1) is 0 Å². The van der Waals surface area contributed by atoms with E-state index >= 15 is 0 Å². The van der Waals surface area contributed by atoms with Gasteiger partial charge in [0, 0.05) is 25.7 Å². The third-order valence-corrected chi connectivity index (χ3v) is 5.21. The number of likely N-dealkylation sites (N-methyl/N-ethyl adjacent to an activating group) is 1. The molecule has 7 heteroatoms. The van der Waals surface area contributed by atoms with Gasteiger partial charge in [0.1, 0.15) is 5.75 Å². The fourth-order valence-electron chi connectivity index (χ4n) is 2.90. The van der Waals surface area contributed by atoms with Crippen LogP contribution in [-0.4, -0.2) is 62.1 Å². The van der Waals surface area contributed by atoms with Gasteiger partial charge in [-0.2, -0.15) is 12.6 Å². The maximum absolute atomic E-state index is 13.7. The van der Waals surface area contributed by atoms with Crippen LogP contribution in [0.2, 0.25) is 0 Å². The second-order valence-corrected chi connectivity index (χ2v) is 7.87. The molecule has 1 amide bonds. The first-order valence-electron chi connectivity index (χ1n) is 10.1. The predicted molar refractivity (Wildman–Crippen MR) is 128 cm³/mol. The van der Waals surface area contributed by atoms with Gasteiger partial charge in [-0.3, -0.25) is 9.59 Å². The van der Waals surface area contributed by atoms with Crippen LogP contribution in [0.5, 0.6) is 5.75 Å². The maximum Gasteiger partial charge on any atom is 0.303 e. The number of hydrogen-bond acceptors (Lipinski definition) is 6. The van der Waals surface area contributed by atoms with Crippen LogP contribution in [0.15, 0.2) is 60.3 Å². The second-order valence-electron chi connectivity index (χ2n) is 7.31. The van der Waals surface area contributed by atoms with Crippen molar-refractivity contribution in [2.75, 3.05) is 34.3 Å². The Morgan fingerprint density at radius 2 is 1.77 bits per heavy atom. The highest BCUT2D eigenvalue weighted by atomic mass is 32.1. The number of hydrogen-bond donors (Lipinski definition) is 1. The van der Waals surface area contributed by atoms with Crippen molar-refractivity contribution in [3.63, 3.8) is 0 Å². The number of carbonyl (C=O) groups excluding carboxylic acids is 2. The first-order valence-corrected chi connectivity index (χ1v) is 10.6. The standard InChI is InChI=1S/C24H34N2O4S/c1-8-10-21(17(3)9-2)26(16-15-25(5)6)24(28)22(30-18(4)27)23(31)19-11-13-20(29-7)14-12-19/h8-14,22-23,31H,2,15-16H2,1,3-7H3/b10-8-,21-17+/t22-,23+/m0/s1. The number of nitrogens with zero attached hydrogens (tertiary/aromatic N) is 2. The lowest BCUT2D eigenvalue weighted by Gasteiger charge is -2.32. The molecule has 0 aliphatic heterocycles. The molecule has 0 bridgehead atoms. The Bertz CT molecular complexity index is 815. The van der Waals surface area contributed by atoms with Crippen LogP contribution >= 0.6 is 12.6 Å². The molecule has 6 nitrogen and oxygen atoms in total. The molecule has 0 spiro atoms. The first kappa shape index (κ1) is 26.5. The van der Waals surface area contributed by atoms with Crippen molar-refractivity contribution in [1.29, 1.82) is 0 Å². The fourth-order valence-corrected chi connectivity index (χ4v) is 3.26. The van der Waals surface area contributed by atoms with Crippen molar-refractivity contribution in [3.05, 3.63) is 65.9 Å². The van der Waals surface area contributed by atoms with Gasteiger partial charge < -0.3 is 19.3 Å². The topological polar surface area (TPSA) is 59.1 Å². The third kappa shape index (κ3) is 7.92. The molecule has 0 radical (unpaired) electrons. The molecule has 0 saturated heterocycles. The van der Waals surface area contributed by atoms with Gasteiger partial charge in [0.05, 0.1) is 12.4 Å². The molecule has 0 N–H and O–H groups in total. The minimum atomic E-state index is -1.10. The molecule has 1 aromatic rings. The molecule has 0 heterocycles. The minimum absolute atomic E-state index is 0.345. The Balaban J connectivity index is 3.43. The minimum Gasteiger partial charge on any atom is -0.497 e. The summed E-state index contributed by atoms with van der Waals surface area (Å²) < 4.78 is 10.7. The number of allylic oxidation sites excluding steroid dienone is 4. The van der Waals surface area contributed by atoms with E-state index in [0.717, 1.165) is 11.1 Å². The summed E-state index contributed by atoms with van der Waals surface area (Å²) in [5, 5.41) is -0.653. The third-order valence-electron chi connectivity index (χ3n) is 4.64. The number of rotatable bonds is 11. The van der Waals surface area contributed by atoms with Crippen molar-refractivity contribution in [2.45, 2.75) is 32.1 Å². The molecular weight excluding hydrogens is 412 g/mol. The van der Waals surface area contributed by atoms with E-state index < -0.39 is 17.3 Å². The highest BCUT2D eigenvalue weighted by Crippen LogP contribution is 2.30. The molecule has 0 unspecified atom stereocenters. The zero-order valence-electron chi connectivity index (χ0n) is 19.3. The van der Waals surface area contributed by atoms with Crippen molar-refractivity contribution in [3.8, 4) is 5.75 Å². The lowest BCUT2D eigenvalue weighted by atomic mass is 10.0. The summed E-state index contributed by atoms with van der Waals surface area (Å²) in [5.74, 6) is -0.204. The van der Waals surface area contributed by atoms with Crippen molar-refractivity contribution in [2.24, 2.45) is 0 Å². The SMILES string of the molecule is C=C/C(C)=C(\C=C/C)N(CCN(C)C)C(=O)[C@@H](OC(C)=O)[C@H](S)c1ccc(OC)cc1. The Kier molecular flexibility index (Phi) is 11.1. The highest BCUT2D eigenvalue weighted by Gasteiger charge is 2.35. The first-order chi connectivity index (χ1) is 14.7. The molecule has 1 aromatic carbocycles. The molecule has 1 rings (SSSR count). The van der Waals surface area contributed by atoms with Gasteiger partial charge in [0.25, 0.3) is 5.91 Å². The number of methoxy groups -OCH3 is 1. The number of esters is 1. The van der Waals surface area contributed by atoms with E-state index in [4.69, 9.17) is 9.47 Å². The molecule has 0 saturated carbocycles. The molecule has 0 aliphatic carbocycles. The zero-order chi connectivity index (χ0) is 23.6. The van der Waals surface area contributed by atoms with Gasteiger partial charge in [-0.25, -0.2) is 0 Å². The average Bonchev–Trinajstić information content (AvgIpc) is 2.75. The molecule has 0 aliphatic rings. The van der Waals surface area contributed by atoms with Crippen LogP contribution < -0.4 is 4.74 Å². The summed E-state index contributed by atoms with van der Waals surface area (Å²) in [4.78, 5) is 29.2. The predicted octanol–water partition coefficient (Wildman–Crippen LogP) is 4.02. The molecule has 0 fully saturated rings. The fraction of sp³-hybridized carbons (Fsp3) is 0.417. The number of benzene rings is 1. The summed E-state index contributed by atoms with van der Waals surface area (Å²) in [7, 11) is 5.45. The Hall–Kier alpha value is -2.51. The van der Waals surface area contributed by atoms with Gasteiger partial charge >= 0.3 is 5.97 Å². The lowest BCUT2D eigenvalue weighted by Crippen LogP contribution is -2.45. The Morgan fingerprint density at radius 3 is 2.23 bits per heavy atom. The maximum atomic E-state index is 13.7. The average molecular weight is 447 g/mol. The van der Waals surface area contributed by atoms with E-state index in [-0.39, 0.29) is 5.91 Å². The van der Waals surface area contributed by atoms with Gasteiger partial charge in [0.15, 0.2) is 6.10 Å². The lowest BCUT2D eigenvalue weighted by molar-refractivity contribution is -0.157. The summed E-state index contributed by atoms with van der Waals surface area (Å²) in [6.45, 7) is 9.94. The summed E-state index contributed by atoms with van der Waals surface area (Å²) in [6.07, 6.45) is 4.32. The monoisotopic (exact) mass is 446 g/mol. The van der Waals surface area contributed by atoms with E-state index in [9.17, 15) is 9.59 Å². The zero-order valence-corrected chi connectivity index (χ0v) is 20.2. The van der Waals surface area contributed by atoms with Crippen molar-refractivity contribution >= 4 is 24.5 Å². The van der Waals surface area contributed by atoms with Gasteiger partial charge in [0.2, 0.25) is 0 Å². The number of thiol groups is 1. The quantitative estimate of drug-likeness (QED) is 0.316. The molecule has 0 aromatic heterocycles. The summed E-state index contributed by atoms with van der Waals surface area (Å²) in [6, 6.07) is 7.18. The molecule has 31 heavy (non-hydrogen) atoms. The normalized spacial score (nSPS) is 14.1. The van der Waals surface area contributed by atoms with Crippen LogP contribution in [0.4, 0.5) is 0 Å².